The van der Waals surface area contributed by atoms with Gasteiger partial charge in [0.2, 0.25) is 0 Å². The van der Waals surface area contributed by atoms with E-state index < -0.39 is 23.7 Å². The molecule has 0 unspecified atom stereocenters. The van der Waals surface area contributed by atoms with Gasteiger partial charge in [0.05, 0.1) is 10.0 Å². The minimum atomic E-state index is -1.29. The van der Waals surface area contributed by atoms with Gasteiger partial charge in [0.1, 0.15) is 5.60 Å². The van der Waals surface area contributed by atoms with E-state index in [-0.39, 0.29) is 15.6 Å². The maximum atomic E-state index is 12.0. The number of carboxylic acid groups (broad SMARTS) is 1. The first-order valence-electron chi connectivity index (χ1n) is 6.17. The molecule has 0 aliphatic carbocycles. The summed E-state index contributed by atoms with van der Waals surface area (Å²) in [5.41, 5.74) is -0.503. The molecule has 0 aromatic heterocycles. The number of carbonyl (C=O) groups excluding carboxylic acids is 1. The van der Waals surface area contributed by atoms with E-state index in [1.54, 1.807) is 32.9 Å². The second kappa shape index (κ2) is 6.54. The first-order valence-corrected chi connectivity index (χ1v) is 6.92. The average Bonchev–Trinajstić information content (AvgIpc) is 2.32. The molecule has 1 amide bonds. The third-order valence-electron chi connectivity index (χ3n) is 2.58. The van der Waals surface area contributed by atoms with Crippen molar-refractivity contribution in [3.8, 4) is 0 Å². The predicted octanol–water partition coefficient (Wildman–Crippen LogP) is 3.99. The smallest absolute Gasteiger partial charge is 0.411 e. The molecule has 1 rings (SSSR count). The maximum absolute atomic E-state index is 12.0. The van der Waals surface area contributed by atoms with Crippen molar-refractivity contribution in [2.75, 3.05) is 7.05 Å². The van der Waals surface area contributed by atoms with Gasteiger partial charge >= 0.3 is 12.1 Å². The lowest BCUT2D eigenvalue weighted by atomic mass is 10.1. The molecule has 7 heteroatoms. The largest absolute Gasteiger partial charge is 0.479 e. The first kappa shape index (κ1) is 17.6. The lowest BCUT2D eigenvalue weighted by molar-refractivity contribution is -0.142. The van der Waals surface area contributed by atoms with E-state index in [1.165, 1.54) is 13.1 Å². The van der Waals surface area contributed by atoms with Crippen molar-refractivity contribution >= 4 is 35.3 Å². The Balaban J connectivity index is 3.16. The van der Waals surface area contributed by atoms with E-state index in [2.05, 4.69) is 0 Å². The Hall–Kier alpha value is -1.46. The Morgan fingerprint density at radius 2 is 1.86 bits per heavy atom. The van der Waals surface area contributed by atoms with Crippen molar-refractivity contribution in [1.29, 1.82) is 0 Å². The van der Waals surface area contributed by atoms with Crippen LogP contribution >= 0.6 is 23.2 Å². The lowest BCUT2D eigenvalue weighted by Gasteiger charge is -2.29. The SMILES string of the molecule is CN(C(=O)OC(C)(C)C)[C@H](C(=O)O)c1cccc(Cl)c1Cl. The van der Waals surface area contributed by atoms with E-state index in [1.807, 2.05) is 0 Å². The van der Waals surface area contributed by atoms with Gasteiger partial charge in [-0.05, 0) is 26.8 Å². The van der Waals surface area contributed by atoms with Gasteiger partial charge in [-0.15, -0.1) is 0 Å². The highest BCUT2D eigenvalue weighted by molar-refractivity contribution is 6.42. The summed E-state index contributed by atoms with van der Waals surface area (Å²) in [7, 11) is 1.34. The highest BCUT2D eigenvalue weighted by Gasteiger charge is 2.33. The highest BCUT2D eigenvalue weighted by Crippen LogP contribution is 2.33. The number of aliphatic carboxylic acids is 1. The number of ether oxygens (including phenoxy) is 1. The second-order valence-corrected chi connectivity index (χ2v) is 6.26. The molecular formula is C14H17Cl2NO4. The van der Waals surface area contributed by atoms with E-state index in [9.17, 15) is 14.7 Å². The van der Waals surface area contributed by atoms with Crippen LogP contribution in [0.25, 0.3) is 0 Å². The van der Waals surface area contributed by atoms with Crippen LogP contribution < -0.4 is 0 Å². The summed E-state index contributed by atoms with van der Waals surface area (Å²) in [5, 5.41) is 9.73. The molecule has 1 atom stereocenters. The van der Waals surface area contributed by atoms with Crippen LogP contribution in [0.2, 0.25) is 10.0 Å². The third kappa shape index (κ3) is 4.51. The summed E-state index contributed by atoms with van der Waals surface area (Å²) in [6.45, 7) is 5.09. The van der Waals surface area contributed by atoms with E-state index in [0.29, 0.717) is 0 Å². The molecule has 0 saturated carbocycles. The molecule has 1 N–H and O–H groups in total. The fourth-order valence-corrected chi connectivity index (χ4v) is 2.09. The van der Waals surface area contributed by atoms with Gasteiger partial charge in [0.25, 0.3) is 0 Å². The molecule has 0 spiro atoms. The molecule has 0 bridgehead atoms. The van der Waals surface area contributed by atoms with Gasteiger partial charge in [0.15, 0.2) is 6.04 Å². The van der Waals surface area contributed by atoms with Gasteiger partial charge in [-0.25, -0.2) is 9.59 Å². The molecule has 0 heterocycles. The summed E-state index contributed by atoms with van der Waals surface area (Å²) >= 11 is 11.9. The van der Waals surface area contributed by atoms with Crippen LogP contribution in [0.4, 0.5) is 4.79 Å². The van der Waals surface area contributed by atoms with Crippen LogP contribution in [-0.2, 0) is 9.53 Å². The van der Waals surface area contributed by atoms with E-state index >= 15 is 0 Å². The van der Waals surface area contributed by atoms with Crippen LogP contribution in [0.15, 0.2) is 18.2 Å². The van der Waals surface area contributed by atoms with Crippen LogP contribution in [0.1, 0.15) is 32.4 Å². The monoisotopic (exact) mass is 333 g/mol. The molecule has 0 radical (unpaired) electrons. The van der Waals surface area contributed by atoms with Crippen molar-refractivity contribution in [2.24, 2.45) is 0 Å². The van der Waals surface area contributed by atoms with Gasteiger partial charge in [-0.3, -0.25) is 4.90 Å². The van der Waals surface area contributed by atoms with E-state index in [0.717, 1.165) is 4.90 Å². The number of carboxylic acids is 1. The number of hydrogen-bond donors (Lipinski definition) is 1. The Labute approximate surface area is 133 Å². The van der Waals surface area contributed by atoms with Crippen LogP contribution in [0, 0.1) is 0 Å². The molecular weight excluding hydrogens is 317 g/mol. The maximum Gasteiger partial charge on any atom is 0.411 e. The number of benzene rings is 1. The fourth-order valence-electron chi connectivity index (χ4n) is 1.68. The number of amides is 1. The van der Waals surface area contributed by atoms with Crippen molar-refractivity contribution in [2.45, 2.75) is 32.4 Å². The van der Waals surface area contributed by atoms with E-state index in [4.69, 9.17) is 27.9 Å². The molecule has 1 aromatic carbocycles. The van der Waals surface area contributed by atoms with Crippen molar-refractivity contribution in [3.05, 3.63) is 33.8 Å². The zero-order chi connectivity index (χ0) is 16.4. The number of nitrogens with zero attached hydrogens (tertiary/aromatic N) is 1. The topological polar surface area (TPSA) is 66.8 Å². The molecule has 1 aromatic rings. The van der Waals surface area contributed by atoms with Crippen LogP contribution in [0.5, 0.6) is 0 Å². The highest BCUT2D eigenvalue weighted by atomic mass is 35.5. The summed E-state index contributed by atoms with van der Waals surface area (Å²) in [6, 6.07) is 3.34. The number of hydrogen-bond acceptors (Lipinski definition) is 3. The van der Waals surface area contributed by atoms with Crippen molar-refractivity contribution < 1.29 is 19.4 Å². The molecule has 21 heavy (non-hydrogen) atoms. The van der Waals surface area contributed by atoms with Crippen molar-refractivity contribution in [3.63, 3.8) is 0 Å². The summed E-state index contributed by atoms with van der Waals surface area (Å²) in [5.74, 6) is -1.23. The van der Waals surface area contributed by atoms with Crippen LogP contribution in [0.3, 0.4) is 0 Å². The molecule has 0 saturated heterocycles. The predicted molar refractivity (Wildman–Crippen MR) is 80.8 cm³/mol. The van der Waals surface area contributed by atoms with Gasteiger partial charge < -0.3 is 9.84 Å². The summed E-state index contributed by atoms with van der Waals surface area (Å²) in [4.78, 5) is 24.5. The quantitative estimate of drug-likeness (QED) is 0.908. The van der Waals surface area contributed by atoms with Gasteiger partial charge in [0, 0.05) is 12.6 Å². The minimum absolute atomic E-state index is 0.0991. The molecule has 116 valence electrons. The van der Waals surface area contributed by atoms with Gasteiger partial charge in [-0.1, -0.05) is 35.3 Å². The third-order valence-corrected chi connectivity index (χ3v) is 3.41. The molecule has 0 aliphatic heterocycles. The molecule has 0 fully saturated rings. The minimum Gasteiger partial charge on any atom is -0.479 e. The number of rotatable bonds is 3. The number of likely N-dealkylation sites (N-methyl/N-ethyl adjacent to an activating group) is 1. The number of halogens is 2. The second-order valence-electron chi connectivity index (χ2n) is 5.48. The fraction of sp³-hybridized carbons (Fsp3) is 0.429. The first-order chi connectivity index (χ1) is 9.54. The lowest BCUT2D eigenvalue weighted by Crippen LogP contribution is -2.39. The zero-order valence-corrected chi connectivity index (χ0v) is 13.7. The average molecular weight is 334 g/mol. The Kier molecular flexibility index (Phi) is 5.48. The molecule has 5 nitrogen and oxygen atoms in total. The van der Waals surface area contributed by atoms with Gasteiger partial charge in [-0.2, -0.15) is 0 Å². The molecule has 0 aliphatic rings. The standard InChI is InChI=1S/C14H17Cl2NO4/c1-14(2,3)21-13(20)17(4)11(12(18)19)8-6-5-7-9(15)10(8)16/h5-7,11H,1-4H3,(H,18,19)/t11-/m0/s1. The Morgan fingerprint density at radius 3 is 2.33 bits per heavy atom. The number of carbonyl (C=O) groups is 2. The Morgan fingerprint density at radius 1 is 1.29 bits per heavy atom. The Bertz CT molecular complexity index is 554. The summed E-state index contributed by atoms with van der Waals surface area (Å²) in [6.07, 6.45) is -0.758. The van der Waals surface area contributed by atoms with Crippen LogP contribution in [-0.4, -0.2) is 34.7 Å². The summed E-state index contributed by atoms with van der Waals surface area (Å²) < 4.78 is 5.17. The van der Waals surface area contributed by atoms with Crippen molar-refractivity contribution in [1.82, 2.24) is 4.90 Å². The normalized spacial score (nSPS) is 12.7. The zero-order valence-electron chi connectivity index (χ0n) is 12.2.